The van der Waals surface area contributed by atoms with Crippen LogP contribution in [-0.2, 0) is 10.2 Å². The van der Waals surface area contributed by atoms with Gasteiger partial charge in [-0.05, 0) is 43.2 Å². The summed E-state index contributed by atoms with van der Waals surface area (Å²) in [7, 11) is 1.42. The second kappa shape index (κ2) is 8.61. The van der Waals surface area contributed by atoms with Gasteiger partial charge in [-0.1, -0.05) is 23.4 Å². The summed E-state index contributed by atoms with van der Waals surface area (Å²) in [5, 5.41) is 16.8. The van der Waals surface area contributed by atoms with Crippen molar-refractivity contribution >= 4 is 35.1 Å². The number of ether oxygens (including phenoxy) is 1. The van der Waals surface area contributed by atoms with Gasteiger partial charge in [0.25, 0.3) is 0 Å². The highest BCUT2D eigenvalue weighted by molar-refractivity contribution is 8.03. The summed E-state index contributed by atoms with van der Waals surface area (Å²) in [5.41, 5.74) is 2.10. The smallest absolute Gasteiger partial charge is 0.409 e. The molecule has 3 heterocycles. The SMILES string of the molecule is CC=C(NC1NC=C(CCO)S1)N1CC2(CCN(C(=O)OC)C2)c2cc(Cl)ccc21. The van der Waals surface area contributed by atoms with Gasteiger partial charge in [0.2, 0.25) is 0 Å². The number of carbonyl (C=O) groups excluding carboxylic acids is 1. The molecule has 9 heteroatoms. The van der Waals surface area contributed by atoms with Crippen LogP contribution in [0.4, 0.5) is 10.5 Å². The van der Waals surface area contributed by atoms with Crippen molar-refractivity contribution in [2.24, 2.45) is 0 Å². The van der Waals surface area contributed by atoms with Gasteiger partial charge >= 0.3 is 6.09 Å². The molecule has 1 aromatic rings. The van der Waals surface area contributed by atoms with Crippen LogP contribution < -0.4 is 15.5 Å². The van der Waals surface area contributed by atoms with Crippen LogP contribution in [0.15, 0.2) is 41.2 Å². The van der Waals surface area contributed by atoms with Crippen molar-refractivity contribution in [1.82, 2.24) is 15.5 Å². The van der Waals surface area contributed by atoms with E-state index in [1.165, 1.54) is 12.7 Å². The summed E-state index contributed by atoms with van der Waals surface area (Å²) >= 11 is 8.03. The van der Waals surface area contributed by atoms with Gasteiger partial charge in [0.1, 0.15) is 5.82 Å². The zero-order chi connectivity index (χ0) is 21.3. The summed E-state index contributed by atoms with van der Waals surface area (Å²) < 4.78 is 4.95. The number of hydrogen-bond acceptors (Lipinski definition) is 7. The lowest BCUT2D eigenvalue weighted by Crippen LogP contribution is -2.43. The quantitative estimate of drug-likeness (QED) is 0.636. The Labute approximate surface area is 186 Å². The number of hydrogen-bond donors (Lipinski definition) is 3. The second-order valence-corrected chi connectivity index (χ2v) is 9.40. The minimum absolute atomic E-state index is 0.000181. The molecule has 1 saturated heterocycles. The molecule has 0 saturated carbocycles. The van der Waals surface area contributed by atoms with Crippen LogP contribution in [0.3, 0.4) is 0 Å². The van der Waals surface area contributed by atoms with E-state index in [0.717, 1.165) is 29.4 Å². The normalized spacial score (nSPS) is 25.4. The lowest BCUT2D eigenvalue weighted by Gasteiger charge is -2.29. The van der Waals surface area contributed by atoms with Crippen LogP contribution in [0.25, 0.3) is 0 Å². The maximum atomic E-state index is 12.1. The van der Waals surface area contributed by atoms with Gasteiger partial charge in [-0.2, -0.15) is 0 Å². The third-order valence-electron chi connectivity index (χ3n) is 5.93. The number of carbonyl (C=O) groups is 1. The Bertz CT molecular complexity index is 893. The Kier molecular flexibility index (Phi) is 6.09. The molecule has 2 unspecified atom stereocenters. The van der Waals surface area contributed by atoms with Crippen molar-refractivity contribution in [1.29, 1.82) is 0 Å². The number of methoxy groups -OCH3 is 1. The number of allylic oxidation sites excluding steroid dienone is 1. The molecule has 3 aliphatic heterocycles. The average molecular weight is 451 g/mol. The fourth-order valence-corrected chi connectivity index (χ4v) is 5.65. The molecule has 0 aliphatic carbocycles. The number of anilines is 1. The predicted octanol–water partition coefficient (Wildman–Crippen LogP) is 3.16. The zero-order valence-corrected chi connectivity index (χ0v) is 18.7. The number of benzene rings is 1. The van der Waals surface area contributed by atoms with E-state index in [4.69, 9.17) is 16.3 Å². The standard InChI is InChI=1S/C21H27ClN4O3S/c1-3-18(24-19-23-11-15(30-19)6-9-27)26-13-21(7-8-25(12-21)20(28)29-2)16-10-14(22)4-5-17(16)26/h3-5,10-11,19,23-24,27H,6-9,12-13H2,1-2H3. The fraction of sp³-hybridized carbons (Fsp3) is 0.476. The van der Waals surface area contributed by atoms with Crippen LogP contribution >= 0.6 is 23.4 Å². The Hall–Kier alpha value is -2.03. The Morgan fingerprint density at radius 3 is 3.07 bits per heavy atom. The first-order chi connectivity index (χ1) is 14.5. The monoisotopic (exact) mass is 450 g/mol. The molecule has 0 aromatic heterocycles. The number of aliphatic hydroxyl groups is 1. The van der Waals surface area contributed by atoms with E-state index in [9.17, 15) is 9.90 Å². The highest BCUT2D eigenvalue weighted by atomic mass is 35.5. The van der Waals surface area contributed by atoms with Crippen molar-refractivity contribution in [3.8, 4) is 0 Å². The minimum atomic E-state index is -0.285. The molecule has 1 fully saturated rings. The van der Waals surface area contributed by atoms with Crippen molar-refractivity contribution in [2.75, 3.05) is 38.3 Å². The lowest BCUT2D eigenvalue weighted by molar-refractivity contribution is 0.131. The lowest BCUT2D eigenvalue weighted by atomic mass is 9.81. The van der Waals surface area contributed by atoms with E-state index in [0.29, 0.717) is 24.5 Å². The molecule has 162 valence electrons. The summed E-state index contributed by atoms with van der Waals surface area (Å²) in [6, 6.07) is 6.01. The third-order valence-corrected chi connectivity index (χ3v) is 7.28. The minimum Gasteiger partial charge on any atom is -0.453 e. The van der Waals surface area contributed by atoms with E-state index in [-0.39, 0.29) is 23.6 Å². The average Bonchev–Trinajstić information content (AvgIpc) is 3.45. The summed E-state index contributed by atoms with van der Waals surface area (Å²) in [6.07, 6.45) is 5.25. The van der Waals surface area contributed by atoms with Gasteiger partial charge < -0.3 is 30.3 Å². The van der Waals surface area contributed by atoms with Crippen LogP contribution in [0.2, 0.25) is 5.02 Å². The van der Waals surface area contributed by atoms with Crippen molar-refractivity contribution in [2.45, 2.75) is 30.7 Å². The van der Waals surface area contributed by atoms with Gasteiger partial charge in [-0.15, -0.1) is 0 Å². The molecule has 1 spiro atoms. The summed E-state index contributed by atoms with van der Waals surface area (Å²) in [5.74, 6) is 0.996. The number of nitrogens with one attached hydrogen (secondary N) is 2. The number of nitrogens with zero attached hydrogens (tertiary/aromatic N) is 2. The van der Waals surface area contributed by atoms with Crippen LogP contribution in [-0.4, -0.2) is 54.9 Å². The number of fused-ring (bicyclic) bond motifs is 2. The molecular weight excluding hydrogens is 424 g/mol. The first-order valence-electron chi connectivity index (χ1n) is 10.1. The van der Waals surface area contributed by atoms with E-state index >= 15 is 0 Å². The largest absolute Gasteiger partial charge is 0.453 e. The zero-order valence-electron chi connectivity index (χ0n) is 17.2. The molecule has 1 aromatic carbocycles. The van der Waals surface area contributed by atoms with E-state index in [2.05, 4.69) is 27.7 Å². The topological polar surface area (TPSA) is 77.1 Å². The van der Waals surface area contributed by atoms with Crippen LogP contribution in [0.5, 0.6) is 0 Å². The second-order valence-electron chi connectivity index (χ2n) is 7.74. The maximum absolute atomic E-state index is 12.1. The molecule has 0 bridgehead atoms. The van der Waals surface area contributed by atoms with Crippen LogP contribution in [0, 0.1) is 0 Å². The van der Waals surface area contributed by atoms with E-state index in [1.807, 2.05) is 25.3 Å². The van der Waals surface area contributed by atoms with Crippen molar-refractivity contribution in [3.05, 3.63) is 51.8 Å². The number of rotatable bonds is 5. The summed E-state index contributed by atoms with van der Waals surface area (Å²) in [4.78, 5) is 17.3. The first-order valence-corrected chi connectivity index (χ1v) is 11.3. The van der Waals surface area contributed by atoms with E-state index < -0.39 is 0 Å². The molecular formula is C21H27ClN4O3S. The highest BCUT2D eigenvalue weighted by Gasteiger charge is 2.49. The third kappa shape index (κ3) is 3.84. The Morgan fingerprint density at radius 2 is 2.33 bits per heavy atom. The molecule has 2 atom stereocenters. The van der Waals surface area contributed by atoms with E-state index in [1.54, 1.807) is 16.7 Å². The van der Waals surface area contributed by atoms with Gasteiger partial charge in [0, 0.05) is 59.9 Å². The number of aliphatic hydroxyl groups excluding tert-OH is 1. The maximum Gasteiger partial charge on any atom is 0.409 e. The predicted molar refractivity (Wildman–Crippen MR) is 120 cm³/mol. The Morgan fingerprint density at radius 1 is 1.50 bits per heavy atom. The molecule has 30 heavy (non-hydrogen) atoms. The molecule has 4 rings (SSSR count). The fourth-order valence-electron chi connectivity index (χ4n) is 4.51. The molecule has 3 aliphatic rings. The highest BCUT2D eigenvalue weighted by Crippen LogP contribution is 2.48. The van der Waals surface area contributed by atoms with Gasteiger partial charge in [0.15, 0.2) is 5.50 Å². The van der Waals surface area contributed by atoms with Gasteiger partial charge in [-0.25, -0.2) is 4.79 Å². The van der Waals surface area contributed by atoms with Gasteiger partial charge in [0.05, 0.1) is 7.11 Å². The van der Waals surface area contributed by atoms with Crippen molar-refractivity contribution < 1.29 is 14.6 Å². The van der Waals surface area contributed by atoms with Crippen LogP contribution in [0.1, 0.15) is 25.3 Å². The number of likely N-dealkylation sites (tertiary alicyclic amines) is 1. The first kappa shape index (κ1) is 21.2. The number of halogens is 1. The number of amides is 1. The molecule has 1 amide bonds. The number of thioether (sulfide) groups is 1. The Balaban J connectivity index is 1.57. The molecule has 3 N–H and O–H groups in total. The van der Waals surface area contributed by atoms with Gasteiger partial charge in [-0.3, -0.25) is 0 Å². The molecule has 7 nitrogen and oxygen atoms in total. The molecule has 0 radical (unpaired) electrons. The van der Waals surface area contributed by atoms with Crippen molar-refractivity contribution in [3.63, 3.8) is 0 Å². The summed E-state index contributed by atoms with van der Waals surface area (Å²) in [6.45, 7) is 4.19.